The van der Waals surface area contributed by atoms with E-state index in [-0.39, 0.29) is 25.2 Å². The van der Waals surface area contributed by atoms with Crippen molar-refractivity contribution in [3.63, 3.8) is 0 Å². The van der Waals surface area contributed by atoms with Gasteiger partial charge in [-0.1, -0.05) is 36.4 Å². The molecule has 1 rings (SSSR count). The molecule has 0 fully saturated rings. The number of rotatable bonds is 10. The van der Waals surface area contributed by atoms with E-state index in [0.29, 0.717) is 12.8 Å². The van der Waals surface area contributed by atoms with Crippen LogP contribution in [0.4, 0.5) is 4.79 Å². The van der Waals surface area contributed by atoms with Gasteiger partial charge in [0.15, 0.2) is 0 Å². The Bertz CT molecular complexity index is 556. The van der Waals surface area contributed by atoms with Crippen LogP contribution in [-0.2, 0) is 25.7 Å². The smallest absolute Gasteiger partial charge is 0.408 e. The monoisotopic (exact) mass is 333 g/mol. The van der Waals surface area contributed by atoms with Gasteiger partial charge in [-0.2, -0.15) is 0 Å². The Morgan fingerprint density at radius 1 is 1.21 bits per heavy atom. The van der Waals surface area contributed by atoms with Gasteiger partial charge in [0.2, 0.25) is 0 Å². The Labute approximate surface area is 141 Å². The summed E-state index contributed by atoms with van der Waals surface area (Å²) in [6.45, 7) is 3.65. The SMILES string of the molecule is C=CCCC(=O)CC[C@H](NC(=O)OCc1ccccc1)C(=O)OC. The van der Waals surface area contributed by atoms with Gasteiger partial charge in [0.25, 0.3) is 0 Å². The molecule has 6 nitrogen and oxygen atoms in total. The van der Waals surface area contributed by atoms with E-state index in [9.17, 15) is 14.4 Å². The highest BCUT2D eigenvalue weighted by molar-refractivity contribution is 5.83. The molecule has 0 aliphatic carbocycles. The van der Waals surface area contributed by atoms with Gasteiger partial charge in [0.05, 0.1) is 7.11 Å². The van der Waals surface area contributed by atoms with E-state index in [0.717, 1.165) is 5.56 Å². The lowest BCUT2D eigenvalue weighted by Crippen LogP contribution is -2.42. The van der Waals surface area contributed by atoms with Crippen LogP contribution in [0, 0.1) is 0 Å². The Balaban J connectivity index is 2.46. The summed E-state index contributed by atoms with van der Waals surface area (Å²) in [4.78, 5) is 35.2. The number of methoxy groups -OCH3 is 1. The Morgan fingerprint density at radius 3 is 2.54 bits per heavy atom. The maximum Gasteiger partial charge on any atom is 0.408 e. The number of nitrogens with one attached hydrogen (secondary N) is 1. The van der Waals surface area contributed by atoms with Crippen molar-refractivity contribution in [2.24, 2.45) is 0 Å². The topological polar surface area (TPSA) is 81.7 Å². The second kappa shape index (κ2) is 11.0. The molecular formula is C18H23NO5. The normalized spacial score (nSPS) is 11.2. The van der Waals surface area contributed by atoms with E-state index < -0.39 is 18.1 Å². The molecule has 0 unspecified atom stereocenters. The summed E-state index contributed by atoms with van der Waals surface area (Å²) in [6, 6.07) is 8.27. The molecule has 0 radical (unpaired) electrons. The van der Waals surface area contributed by atoms with Crippen LogP contribution in [0.2, 0.25) is 0 Å². The van der Waals surface area contributed by atoms with Gasteiger partial charge in [-0.15, -0.1) is 6.58 Å². The average molecular weight is 333 g/mol. The minimum Gasteiger partial charge on any atom is -0.467 e. The van der Waals surface area contributed by atoms with Gasteiger partial charge in [0.1, 0.15) is 18.4 Å². The molecule has 1 aromatic rings. The summed E-state index contributed by atoms with van der Waals surface area (Å²) in [6.07, 6.45) is 2.24. The number of allylic oxidation sites excluding steroid dienone is 1. The molecule has 0 aromatic heterocycles. The van der Waals surface area contributed by atoms with Crippen LogP contribution in [0.5, 0.6) is 0 Å². The van der Waals surface area contributed by atoms with Crippen LogP contribution in [0.1, 0.15) is 31.2 Å². The van der Waals surface area contributed by atoms with E-state index in [2.05, 4.69) is 16.6 Å². The number of Topliss-reactive ketones (excluding diaryl/α,β-unsaturated/α-hetero) is 1. The van der Waals surface area contributed by atoms with E-state index in [1.54, 1.807) is 6.08 Å². The van der Waals surface area contributed by atoms with Gasteiger partial charge in [-0.05, 0) is 18.4 Å². The zero-order valence-corrected chi connectivity index (χ0v) is 13.8. The lowest BCUT2D eigenvalue weighted by Gasteiger charge is -2.16. The number of ether oxygens (including phenoxy) is 2. The number of alkyl carbamates (subject to hydrolysis) is 1. The van der Waals surface area contributed by atoms with Crippen LogP contribution in [-0.4, -0.2) is 31.0 Å². The molecule has 1 aromatic carbocycles. The number of carbonyl (C=O) groups excluding carboxylic acids is 3. The number of esters is 1. The highest BCUT2D eigenvalue weighted by Gasteiger charge is 2.23. The second-order valence-corrected chi connectivity index (χ2v) is 5.19. The molecule has 0 saturated carbocycles. The minimum atomic E-state index is -0.911. The molecule has 0 spiro atoms. The van der Waals surface area contributed by atoms with Crippen molar-refractivity contribution in [3.8, 4) is 0 Å². The first kappa shape index (κ1) is 19.4. The number of hydrogen-bond acceptors (Lipinski definition) is 5. The van der Waals surface area contributed by atoms with Crippen LogP contribution in [0.15, 0.2) is 43.0 Å². The van der Waals surface area contributed by atoms with Crippen molar-refractivity contribution in [1.82, 2.24) is 5.32 Å². The molecule has 24 heavy (non-hydrogen) atoms. The van der Waals surface area contributed by atoms with Crippen molar-refractivity contribution in [2.75, 3.05) is 7.11 Å². The quantitative estimate of drug-likeness (QED) is 0.526. The third-order valence-corrected chi connectivity index (χ3v) is 3.33. The van der Waals surface area contributed by atoms with Crippen LogP contribution in [0.3, 0.4) is 0 Å². The van der Waals surface area contributed by atoms with Crippen LogP contribution in [0.25, 0.3) is 0 Å². The third kappa shape index (κ3) is 7.58. The summed E-state index contributed by atoms with van der Waals surface area (Å²) >= 11 is 0. The molecule has 0 saturated heterocycles. The molecule has 0 aliphatic heterocycles. The Hall–Kier alpha value is -2.63. The van der Waals surface area contributed by atoms with E-state index >= 15 is 0 Å². The molecule has 1 amide bonds. The van der Waals surface area contributed by atoms with Crippen molar-refractivity contribution >= 4 is 17.8 Å². The maximum atomic E-state index is 11.8. The first-order valence-electron chi connectivity index (χ1n) is 7.74. The number of carbonyl (C=O) groups is 3. The second-order valence-electron chi connectivity index (χ2n) is 5.19. The zero-order chi connectivity index (χ0) is 17.8. The lowest BCUT2D eigenvalue weighted by molar-refractivity contribution is -0.143. The Kier molecular flexibility index (Phi) is 8.89. The third-order valence-electron chi connectivity index (χ3n) is 3.33. The molecule has 130 valence electrons. The summed E-state index contributed by atoms with van der Waals surface area (Å²) in [5, 5.41) is 2.44. The fraction of sp³-hybridized carbons (Fsp3) is 0.389. The summed E-state index contributed by atoms with van der Waals surface area (Å²) in [5.41, 5.74) is 0.835. The van der Waals surface area contributed by atoms with E-state index in [1.807, 2.05) is 30.3 Å². The fourth-order valence-corrected chi connectivity index (χ4v) is 1.99. The molecule has 1 N–H and O–H groups in total. The van der Waals surface area contributed by atoms with Gasteiger partial charge >= 0.3 is 12.1 Å². The van der Waals surface area contributed by atoms with Crippen molar-refractivity contribution in [1.29, 1.82) is 0 Å². The highest BCUT2D eigenvalue weighted by atomic mass is 16.6. The standard InChI is InChI=1S/C18H23NO5/c1-3-4-10-15(20)11-12-16(17(21)23-2)19-18(22)24-13-14-8-6-5-7-9-14/h3,5-9,16H,1,4,10-13H2,2H3,(H,19,22)/t16-/m0/s1. The molecule has 0 aliphatic rings. The zero-order valence-electron chi connectivity index (χ0n) is 13.8. The summed E-state index contributed by atoms with van der Waals surface area (Å²) in [7, 11) is 1.23. The molecule has 0 bridgehead atoms. The first-order valence-corrected chi connectivity index (χ1v) is 7.74. The first-order chi connectivity index (χ1) is 11.6. The predicted octanol–water partition coefficient (Wildman–Crippen LogP) is 2.77. The van der Waals surface area contributed by atoms with Gasteiger partial charge in [-0.25, -0.2) is 9.59 Å². The van der Waals surface area contributed by atoms with Gasteiger partial charge < -0.3 is 14.8 Å². The number of hydrogen-bond donors (Lipinski definition) is 1. The number of amides is 1. The molecule has 0 heterocycles. The number of ketones is 1. The number of benzene rings is 1. The van der Waals surface area contributed by atoms with Gasteiger partial charge in [-0.3, -0.25) is 4.79 Å². The van der Waals surface area contributed by atoms with Crippen LogP contribution < -0.4 is 5.32 Å². The van der Waals surface area contributed by atoms with Crippen molar-refractivity contribution in [2.45, 2.75) is 38.3 Å². The fourth-order valence-electron chi connectivity index (χ4n) is 1.99. The predicted molar refractivity (Wildman–Crippen MR) is 89.2 cm³/mol. The van der Waals surface area contributed by atoms with Crippen molar-refractivity contribution < 1.29 is 23.9 Å². The van der Waals surface area contributed by atoms with E-state index in [1.165, 1.54) is 7.11 Å². The highest BCUT2D eigenvalue weighted by Crippen LogP contribution is 2.06. The molecule has 1 atom stereocenters. The lowest BCUT2D eigenvalue weighted by atomic mass is 10.1. The maximum absolute atomic E-state index is 11.8. The van der Waals surface area contributed by atoms with Crippen molar-refractivity contribution in [3.05, 3.63) is 48.6 Å². The summed E-state index contributed by atoms with van der Waals surface area (Å²) < 4.78 is 9.72. The average Bonchev–Trinajstić information content (AvgIpc) is 2.61. The van der Waals surface area contributed by atoms with E-state index in [4.69, 9.17) is 4.74 Å². The molecule has 6 heteroatoms. The Morgan fingerprint density at radius 2 is 1.92 bits per heavy atom. The minimum absolute atomic E-state index is 0.00301. The van der Waals surface area contributed by atoms with Crippen LogP contribution >= 0.6 is 0 Å². The van der Waals surface area contributed by atoms with Gasteiger partial charge in [0, 0.05) is 12.8 Å². The largest absolute Gasteiger partial charge is 0.467 e. The summed E-state index contributed by atoms with van der Waals surface area (Å²) in [5.74, 6) is -0.605. The molecular weight excluding hydrogens is 310 g/mol.